The smallest absolute Gasteiger partial charge is 0.257 e. The Morgan fingerprint density at radius 1 is 1.18 bits per heavy atom. The molecule has 0 N–H and O–H groups in total. The molecule has 22 heavy (non-hydrogen) atoms. The van der Waals surface area contributed by atoms with Crippen LogP contribution >= 0.6 is 11.6 Å². The highest BCUT2D eigenvalue weighted by molar-refractivity contribution is 6.31. The molecule has 5 heteroatoms. The van der Waals surface area contributed by atoms with E-state index in [1.807, 2.05) is 0 Å². The van der Waals surface area contributed by atoms with Gasteiger partial charge in [-0.2, -0.15) is 0 Å². The van der Waals surface area contributed by atoms with Gasteiger partial charge in [-0.3, -0.25) is 4.79 Å². The highest BCUT2D eigenvalue weighted by Crippen LogP contribution is 2.37. The van der Waals surface area contributed by atoms with E-state index in [1.54, 1.807) is 25.3 Å². The minimum atomic E-state index is 0.0683. The molecule has 4 nitrogen and oxygen atoms in total. The molecule has 4 bridgehead atoms. The fourth-order valence-corrected chi connectivity index (χ4v) is 4.71. The van der Waals surface area contributed by atoms with E-state index in [2.05, 4.69) is 9.80 Å². The van der Waals surface area contributed by atoms with Crippen LogP contribution in [0.1, 0.15) is 23.2 Å². The highest BCUT2D eigenvalue weighted by atomic mass is 35.5. The number of benzene rings is 1. The Balaban J connectivity index is 1.67. The van der Waals surface area contributed by atoms with Crippen LogP contribution in [-0.2, 0) is 0 Å². The number of amides is 1. The van der Waals surface area contributed by atoms with Crippen molar-refractivity contribution in [2.45, 2.75) is 18.9 Å². The molecule has 0 aromatic heterocycles. The Labute approximate surface area is 136 Å². The van der Waals surface area contributed by atoms with Crippen molar-refractivity contribution in [1.29, 1.82) is 0 Å². The molecule has 4 fully saturated rings. The number of carbonyl (C=O) groups is 1. The van der Waals surface area contributed by atoms with Gasteiger partial charge in [-0.25, -0.2) is 0 Å². The van der Waals surface area contributed by atoms with Gasteiger partial charge in [0.1, 0.15) is 5.75 Å². The number of halogens is 1. The maximum Gasteiger partial charge on any atom is 0.257 e. The second-order valence-electron chi connectivity index (χ2n) is 6.88. The van der Waals surface area contributed by atoms with Gasteiger partial charge in [0, 0.05) is 37.2 Å². The van der Waals surface area contributed by atoms with Crippen molar-refractivity contribution in [1.82, 2.24) is 9.80 Å². The summed E-state index contributed by atoms with van der Waals surface area (Å²) in [7, 11) is 1.60. The maximum absolute atomic E-state index is 13.1. The summed E-state index contributed by atoms with van der Waals surface area (Å²) in [6.45, 7) is 4.24. The van der Waals surface area contributed by atoms with Crippen molar-refractivity contribution in [3.63, 3.8) is 0 Å². The molecule has 1 aromatic rings. The number of fused-ring (bicyclic) bond motifs is 1. The van der Waals surface area contributed by atoms with E-state index in [4.69, 9.17) is 16.3 Å². The van der Waals surface area contributed by atoms with Gasteiger partial charge in [0.25, 0.3) is 5.91 Å². The van der Waals surface area contributed by atoms with E-state index in [1.165, 1.54) is 13.0 Å². The number of hydrogen-bond donors (Lipinski definition) is 0. The van der Waals surface area contributed by atoms with Crippen LogP contribution < -0.4 is 4.74 Å². The van der Waals surface area contributed by atoms with Crippen LogP contribution in [-0.4, -0.2) is 55.0 Å². The van der Waals surface area contributed by atoms with Gasteiger partial charge in [0.05, 0.1) is 12.7 Å². The molecule has 4 atom stereocenters. The Bertz CT molecular complexity index is 592. The summed E-state index contributed by atoms with van der Waals surface area (Å²) < 4.78 is 5.37. The lowest BCUT2D eigenvalue weighted by molar-refractivity contribution is 0.0571. The van der Waals surface area contributed by atoms with Crippen LogP contribution in [0.4, 0.5) is 0 Å². The first-order valence-corrected chi connectivity index (χ1v) is 8.38. The average Bonchev–Trinajstić information content (AvgIpc) is 2.70. The van der Waals surface area contributed by atoms with Crippen molar-refractivity contribution < 1.29 is 9.53 Å². The van der Waals surface area contributed by atoms with Gasteiger partial charge in [-0.05, 0) is 42.9 Å². The molecule has 1 aromatic carbocycles. The highest BCUT2D eigenvalue weighted by Gasteiger charge is 2.43. The minimum Gasteiger partial charge on any atom is -0.496 e. The van der Waals surface area contributed by atoms with E-state index < -0.39 is 0 Å². The third-order valence-electron chi connectivity index (χ3n) is 5.32. The standard InChI is InChI=1S/C17H21ClN2O2/c1-22-16-3-2-13(18)6-15(16)17(21)20-9-12-4-11-5-14(20)10-19(7-11)8-12/h2-3,6,11-12,14H,4-5,7-10H2,1H3. The Kier molecular flexibility index (Phi) is 3.54. The molecule has 118 valence electrons. The van der Waals surface area contributed by atoms with Crippen LogP contribution in [0.2, 0.25) is 5.02 Å². The SMILES string of the molecule is COc1ccc(Cl)cc1C(=O)N1CC2CC3CC1CN(C3)C2. The number of rotatable bonds is 2. The van der Waals surface area contributed by atoms with Crippen molar-refractivity contribution in [3.8, 4) is 5.75 Å². The van der Waals surface area contributed by atoms with Gasteiger partial charge < -0.3 is 14.5 Å². The number of ether oxygens (including phenoxy) is 1. The zero-order valence-electron chi connectivity index (χ0n) is 12.8. The molecule has 4 aliphatic heterocycles. The Morgan fingerprint density at radius 2 is 2.00 bits per heavy atom. The summed E-state index contributed by atoms with van der Waals surface area (Å²) in [6.07, 6.45) is 2.41. The fraction of sp³-hybridized carbons (Fsp3) is 0.588. The molecule has 0 radical (unpaired) electrons. The Morgan fingerprint density at radius 3 is 2.77 bits per heavy atom. The van der Waals surface area contributed by atoms with Crippen LogP contribution in [0, 0.1) is 11.8 Å². The molecule has 4 saturated heterocycles. The first-order valence-electron chi connectivity index (χ1n) is 8.01. The van der Waals surface area contributed by atoms with Crippen molar-refractivity contribution in [2.24, 2.45) is 11.8 Å². The molecule has 1 amide bonds. The summed E-state index contributed by atoms with van der Waals surface area (Å²) in [5, 5.41) is 0.577. The lowest BCUT2D eigenvalue weighted by Crippen LogP contribution is -2.50. The third-order valence-corrected chi connectivity index (χ3v) is 5.56. The van der Waals surface area contributed by atoms with Crippen molar-refractivity contribution >= 4 is 17.5 Å². The number of hydrogen-bond acceptors (Lipinski definition) is 3. The summed E-state index contributed by atoms with van der Waals surface area (Å²) in [5.74, 6) is 2.05. The number of carbonyl (C=O) groups excluding carboxylic acids is 1. The van der Waals surface area contributed by atoms with Gasteiger partial charge >= 0.3 is 0 Å². The molecule has 0 aliphatic carbocycles. The van der Waals surface area contributed by atoms with E-state index in [0.29, 0.717) is 28.3 Å². The third kappa shape index (κ3) is 2.38. The van der Waals surface area contributed by atoms with Crippen LogP contribution in [0.3, 0.4) is 0 Å². The van der Waals surface area contributed by atoms with E-state index >= 15 is 0 Å². The zero-order valence-corrected chi connectivity index (χ0v) is 13.6. The average molecular weight is 321 g/mol. The molecule has 4 aliphatic rings. The maximum atomic E-state index is 13.1. The van der Waals surface area contributed by atoms with Gasteiger partial charge in [0.2, 0.25) is 0 Å². The lowest BCUT2D eigenvalue weighted by atomic mass is 9.84. The first-order chi connectivity index (χ1) is 10.6. The zero-order chi connectivity index (χ0) is 15.3. The van der Waals surface area contributed by atoms with Crippen LogP contribution in [0.15, 0.2) is 18.2 Å². The molecule has 0 saturated carbocycles. The summed E-state index contributed by atoms with van der Waals surface area (Å²) >= 11 is 6.10. The predicted octanol–water partition coefficient (Wildman–Crippen LogP) is 2.51. The molecule has 0 spiro atoms. The molecular weight excluding hydrogens is 300 g/mol. The Hall–Kier alpha value is -1.26. The molecule has 5 rings (SSSR count). The molecule has 4 unspecified atom stereocenters. The largest absolute Gasteiger partial charge is 0.496 e. The second kappa shape index (κ2) is 5.43. The normalized spacial score (nSPS) is 32.9. The van der Waals surface area contributed by atoms with E-state index in [-0.39, 0.29) is 5.91 Å². The van der Waals surface area contributed by atoms with Crippen molar-refractivity contribution in [2.75, 3.05) is 33.3 Å². The van der Waals surface area contributed by atoms with Crippen molar-refractivity contribution in [3.05, 3.63) is 28.8 Å². The summed E-state index contributed by atoms with van der Waals surface area (Å²) in [5.41, 5.74) is 0.589. The topological polar surface area (TPSA) is 32.8 Å². The van der Waals surface area contributed by atoms with Crippen LogP contribution in [0.25, 0.3) is 0 Å². The first kappa shape index (κ1) is 14.3. The van der Waals surface area contributed by atoms with Gasteiger partial charge in [-0.15, -0.1) is 0 Å². The molecular formula is C17H21ClN2O2. The summed E-state index contributed by atoms with van der Waals surface area (Å²) in [4.78, 5) is 17.7. The van der Waals surface area contributed by atoms with Gasteiger partial charge in [-0.1, -0.05) is 11.6 Å². The number of methoxy groups -OCH3 is 1. The fourth-order valence-electron chi connectivity index (χ4n) is 4.54. The number of piperidine rings is 2. The lowest BCUT2D eigenvalue weighted by Gasteiger charge is -2.41. The predicted molar refractivity (Wildman–Crippen MR) is 85.5 cm³/mol. The second-order valence-corrected chi connectivity index (χ2v) is 7.31. The van der Waals surface area contributed by atoms with Crippen LogP contribution in [0.5, 0.6) is 5.75 Å². The minimum absolute atomic E-state index is 0.0683. The van der Waals surface area contributed by atoms with E-state index in [0.717, 1.165) is 32.0 Å². The van der Waals surface area contributed by atoms with E-state index in [9.17, 15) is 4.79 Å². The van der Waals surface area contributed by atoms with Gasteiger partial charge in [0.15, 0.2) is 0 Å². The number of nitrogens with zero attached hydrogens (tertiary/aromatic N) is 2. The monoisotopic (exact) mass is 320 g/mol. The molecule has 4 heterocycles. The summed E-state index contributed by atoms with van der Waals surface area (Å²) in [6, 6.07) is 5.61. The quantitative estimate of drug-likeness (QED) is 0.839.